The van der Waals surface area contributed by atoms with Gasteiger partial charge in [-0.15, -0.1) is 0 Å². The van der Waals surface area contributed by atoms with Crippen LogP contribution in [0.1, 0.15) is 18.4 Å². The van der Waals surface area contributed by atoms with Crippen molar-refractivity contribution >= 4 is 0 Å². The molecule has 1 aromatic rings. The molecule has 0 radical (unpaired) electrons. The van der Waals surface area contributed by atoms with Gasteiger partial charge in [-0.1, -0.05) is 12.1 Å². The summed E-state index contributed by atoms with van der Waals surface area (Å²) in [5, 5.41) is 3.31. The molecule has 88 valence electrons. The molecule has 0 atom stereocenters. The second-order valence-corrected chi connectivity index (χ2v) is 4.13. The molecule has 0 spiro atoms. The fraction of sp³-hybridized carbons (Fsp3) is 0.538. The number of methoxy groups -OCH3 is 1. The fourth-order valence-corrected chi connectivity index (χ4v) is 1.47. The largest absolute Gasteiger partial charge is 0.490 e. The SMILES string of the molecule is COCCNCc1ccc(OC2CC2)cc1. The number of rotatable bonds is 7. The van der Waals surface area contributed by atoms with Crippen LogP contribution in [-0.2, 0) is 11.3 Å². The first-order chi connectivity index (χ1) is 7.88. The Morgan fingerprint density at radius 1 is 1.25 bits per heavy atom. The molecule has 2 rings (SSSR count). The van der Waals surface area contributed by atoms with Crippen molar-refractivity contribution in [2.24, 2.45) is 0 Å². The Morgan fingerprint density at radius 3 is 2.62 bits per heavy atom. The van der Waals surface area contributed by atoms with Gasteiger partial charge in [0.2, 0.25) is 0 Å². The van der Waals surface area contributed by atoms with Gasteiger partial charge in [0.05, 0.1) is 12.7 Å². The van der Waals surface area contributed by atoms with E-state index >= 15 is 0 Å². The maximum Gasteiger partial charge on any atom is 0.119 e. The zero-order chi connectivity index (χ0) is 11.2. The highest BCUT2D eigenvalue weighted by Crippen LogP contribution is 2.26. The van der Waals surface area contributed by atoms with E-state index < -0.39 is 0 Å². The van der Waals surface area contributed by atoms with Crippen molar-refractivity contribution in [2.75, 3.05) is 20.3 Å². The maximum atomic E-state index is 5.68. The van der Waals surface area contributed by atoms with E-state index in [0.717, 1.165) is 25.4 Å². The predicted molar refractivity (Wildman–Crippen MR) is 63.7 cm³/mol. The summed E-state index contributed by atoms with van der Waals surface area (Å²) in [5.41, 5.74) is 1.28. The summed E-state index contributed by atoms with van der Waals surface area (Å²) in [6, 6.07) is 8.31. The Labute approximate surface area is 96.8 Å². The van der Waals surface area contributed by atoms with Crippen LogP contribution in [0.2, 0.25) is 0 Å². The van der Waals surface area contributed by atoms with Gasteiger partial charge in [0, 0.05) is 20.2 Å². The lowest BCUT2D eigenvalue weighted by atomic mass is 10.2. The standard InChI is InChI=1S/C13H19NO2/c1-15-9-8-14-10-11-2-4-12(5-3-11)16-13-6-7-13/h2-5,13-14H,6-10H2,1H3. The Morgan fingerprint density at radius 2 is 2.00 bits per heavy atom. The zero-order valence-corrected chi connectivity index (χ0v) is 9.74. The van der Waals surface area contributed by atoms with Gasteiger partial charge in [0.1, 0.15) is 5.75 Å². The van der Waals surface area contributed by atoms with Gasteiger partial charge in [-0.3, -0.25) is 0 Å². The van der Waals surface area contributed by atoms with Crippen LogP contribution in [-0.4, -0.2) is 26.4 Å². The second kappa shape index (κ2) is 5.87. The summed E-state index contributed by atoms with van der Waals surface area (Å²) in [4.78, 5) is 0. The summed E-state index contributed by atoms with van der Waals surface area (Å²) in [7, 11) is 1.71. The topological polar surface area (TPSA) is 30.5 Å². The summed E-state index contributed by atoms with van der Waals surface area (Å²) in [5.74, 6) is 0.989. The quantitative estimate of drug-likeness (QED) is 0.714. The van der Waals surface area contributed by atoms with E-state index in [-0.39, 0.29) is 0 Å². The molecule has 1 fully saturated rings. The van der Waals surface area contributed by atoms with Gasteiger partial charge < -0.3 is 14.8 Å². The van der Waals surface area contributed by atoms with Crippen LogP contribution in [0.3, 0.4) is 0 Å². The zero-order valence-electron chi connectivity index (χ0n) is 9.74. The van der Waals surface area contributed by atoms with Gasteiger partial charge >= 0.3 is 0 Å². The highest BCUT2D eigenvalue weighted by Gasteiger charge is 2.23. The fourth-order valence-electron chi connectivity index (χ4n) is 1.47. The molecule has 3 nitrogen and oxygen atoms in total. The first kappa shape index (κ1) is 11.4. The third kappa shape index (κ3) is 3.83. The van der Waals surface area contributed by atoms with E-state index in [1.165, 1.54) is 18.4 Å². The molecule has 0 bridgehead atoms. The number of ether oxygens (including phenoxy) is 2. The van der Waals surface area contributed by atoms with E-state index in [1.54, 1.807) is 7.11 Å². The van der Waals surface area contributed by atoms with Gasteiger partial charge in [0.25, 0.3) is 0 Å². The Hall–Kier alpha value is -1.06. The Kier molecular flexibility index (Phi) is 4.19. The van der Waals surface area contributed by atoms with Gasteiger partial charge in [-0.2, -0.15) is 0 Å². The highest BCUT2D eigenvalue weighted by atomic mass is 16.5. The lowest BCUT2D eigenvalue weighted by Gasteiger charge is -2.07. The van der Waals surface area contributed by atoms with Gasteiger partial charge in [0.15, 0.2) is 0 Å². The normalized spacial score (nSPS) is 15.1. The summed E-state index contributed by atoms with van der Waals surface area (Å²) < 4.78 is 10.6. The molecule has 0 heterocycles. The molecule has 1 N–H and O–H groups in total. The highest BCUT2D eigenvalue weighted by molar-refractivity contribution is 5.27. The van der Waals surface area contributed by atoms with Crippen molar-refractivity contribution in [3.63, 3.8) is 0 Å². The average Bonchev–Trinajstić information content (AvgIpc) is 3.11. The lowest BCUT2D eigenvalue weighted by Crippen LogP contribution is -2.18. The van der Waals surface area contributed by atoms with Crippen molar-refractivity contribution in [1.82, 2.24) is 5.32 Å². The molecular weight excluding hydrogens is 202 g/mol. The van der Waals surface area contributed by atoms with Crippen LogP contribution in [0.4, 0.5) is 0 Å². The molecule has 3 heteroatoms. The van der Waals surface area contributed by atoms with Crippen molar-refractivity contribution in [3.05, 3.63) is 29.8 Å². The Balaban J connectivity index is 1.72. The van der Waals surface area contributed by atoms with E-state index in [1.807, 2.05) is 12.1 Å². The van der Waals surface area contributed by atoms with Crippen LogP contribution in [0.25, 0.3) is 0 Å². The van der Waals surface area contributed by atoms with Crippen LogP contribution < -0.4 is 10.1 Å². The van der Waals surface area contributed by atoms with E-state index in [4.69, 9.17) is 9.47 Å². The monoisotopic (exact) mass is 221 g/mol. The van der Waals surface area contributed by atoms with Crippen molar-refractivity contribution in [3.8, 4) is 5.75 Å². The molecule has 16 heavy (non-hydrogen) atoms. The van der Waals surface area contributed by atoms with Crippen molar-refractivity contribution < 1.29 is 9.47 Å². The first-order valence-electron chi connectivity index (χ1n) is 5.84. The minimum atomic E-state index is 0.477. The molecule has 0 amide bonds. The van der Waals surface area contributed by atoms with Gasteiger partial charge in [-0.25, -0.2) is 0 Å². The smallest absolute Gasteiger partial charge is 0.119 e. The number of hydrogen-bond donors (Lipinski definition) is 1. The second-order valence-electron chi connectivity index (χ2n) is 4.13. The molecule has 0 aromatic heterocycles. The van der Waals surface area contributed by atoms with E-state index in [2.05, 4.69) is 17.4 Å². The molecule has 0 saturated heterocycles. The average molecular weight is 221 g/mol. The predicted octanol–water partition coefficient (Wildman–Crippen LogP) is 1.96. The lowest BCUT2D eigenvalue weighted by molar-refractivity contribution is 0.199. The number of hydrogen-bond acceptors (Lipinski definition) is 3. The van der Waals surface area contributed by atoms with E-state index in [0.29, 0.717) is 6.10 Å². The molecule has 1 aromatic carbocycles. The molecule has 0 aliphatic heterocycles. The summed E-state index contributed by atoms with van der Waals surface area (Å²) in [6.45, 7) is 2.52. The molecule has 1 saturated carbocycles. The maximum absolute atomic E-state index is 5.68. The van der Waals surface area contributed by atoms with Crippen molar-refractivity contribution in [1.29, 1.82) is 0 Å². The van der Waals surface area contributed by atoms with Crippen LogP contribution in [0.15, 0.2) is 24.3 Å². The number of benzene rings is 1. The van der Waals surface area contributed by atoms with Crippen molar-refractivity contribution in [2.45, 2.75) is 25.5 Å². The third-order valence-corrected chi connectivity index (χ3v) is 2.56. The summed E-state index contributed by atoms with van der Waals surface area (Å²) >= 11 is 0. The third-order valence-electron chi connectivity index (χ3n) is 2.56. The van der Waals surface area contributed by atoms with Gasteiger partial charge in [-0.05, 0) is 30.5 Å². The van der Waals surface area contributed by atoms with Crippen LogP contribution >= 0.6 is 0 Å². The minimum absolute atomic E-state index is 0.477. The van der Waals surface area contributed by atoms with Crippen LogP contribution in [0.5, 0.6) is 5.75 Å². The van der Waals surface area contributed by atoms with Crippen LogP contribution in [0, 0.1) is 0 Å². The molecule has 0 unspecified atom stereocenters. The molecular formula is C13H19NO2. The Bertz CT molecular complexity index is 306. The summed E-state index contributed by atoms with van der Waals surface area (Å²) in [6.07, 6.45) is 2.89. The number of nitrogens with one attached hydrogen (secondary N) is 1. The molecule has 1 aliphatic carbocycles. The van der Waals surface area contributed by atoms with E-state index in [9.17, 15) is 0 Å². The minimum Gasteiger partial charge on any atom is -0.490 e. The first-order valence-corrected chi connectivity index (χ1v) is 5.84. The molecule has 1 aliphatic rings.